The number of carbonyl (C=O) groups is 1. The van der Waals surface area contributed by atoms with E-state index in [0.717, 1.165) is 32.1 Å². The van der Waals surface area contributed by atoms with E-state index in [1.165, 1.54) is 25.3 Å². The molecule has 6 nitrogen and oxygen atoms in total. The summed E-state index contributed by atoms with van der Waals surface area (Å²) in [7, 11) is -2.35. The normalized spacial score (nSPS) is 15.5. The van der Waals surface area contributed by atoms with Crippen LogP contribution in [-0.2, 0) is 14.8 Å². The Bertz CT molecular complexity index is 693. The zero-order valence-corrected chi connectivity index (χ0v) is 15.9. The molecule has 1 aromatic rings. The summed E-state index contributed by atoms with van der Waals surface area (Å²) in [5.74, 6) is 0.111. The lowest BCUT2D eigenvalue weighted by atomic mass is 10.1. The van der Waals surface area contributed by atoms with Crippen LogP contribution in [0.3, 0.4) is 0 Å². The second-order valence-electron chi connectivity index (χ2n) is 6.79. The van der Waals surface area contributed by atoms with E-state index < -0.39 is 16.0 Å². The van der Waals surface area contributed by atoms with Crippen LogP contribution >= 0.6 is 0 Å². The van der Waals surface area contributed by atoms with Gasteiger partial charge in [0.1, 0.15) is 10.6 Å². The first kappa shape index (κ1) is 19.7. The van der Waals surface area contributed by atoms with Crippen molar-refractivity contribution in [2.24, 2.45) is 5.92 Å². The van der Waals surface area contributed by atoms with Gasteiger partial charge in [0.05, 0.1) is 19.3 Å². The molecular formula is C18H27NO5S. The van der Waals surface area contributed by atoms with Crippen molar-refractivity contribution in [2.75, 3.05) is 13.7 Å². The van der Waals surface area contributed by atoms with Crippen molar-refractivity contribution in [1.82, 2.24) is 4.72 Å². The number of sulfonamides is 1. The molecule has 140 valence electrons. The molecule has 0 unspecified atom stereocenters. The van der Waals surface area contributed by atoms with E-state index in [1.807, 2.05) is 13.8 Å². The molecule has 7 heteroatoms. The maximum Gasteiger partial charge on any atom is 0.338 e. The van der Waals surface area contributed by atoms with Crippen LogP contribution in [0.25, 0.3) is 0 Å². The molecule has 1 aromatic carbocycles. The minimum Gasteiger partial charge on any atom is -0.495 e. The highest BCUT2D eigenvalue weighted by Crippen LogP contribution is 2.27. The van der Waals surface area contributed by atoms with Gasteiger partial charge in [0, 0.05) is 6.04 Å². The third kappa shape index (κ3) is 5.44. The number of hydrogen-bond donors (Lipinski definition) is 1. The Hall–Kier alpha value is -1.60. The summed E-state index contributed by atoms with van der Waals surface area (Å²) >= 11 is 0. The number of nitrogens with one attached hydrogen (secondary N) is 1. The Balaban J connectivity index is 2.19. The third-order valence-corrected chi connectivity index (χ3v) is 5.84. The van der Waals surface area contributed by atoms with Crippen LogP contribution in [-0.4, -0.2) is 34.1 Å². The Morgan fingerprint density at radius 3 is 2.56 bits per heavy atom. The average Bonchev–Trinajstić information content (AvgIpc) is 3.06. The number of ether oxygens (including phenoxy) is 2. The molecule has 25 heavy (non-hydrogen) atoms. The molecule has 0 aliphatic heterocycles. The summed E-state index contributed by atoms with van der Waals surface area (Å²) in [6.45, 7) is 4.39. The number of methoxy groups -OCH3 is 1. The van der Waals surface area contributed by atoms with Gasteiger partial charge >= 0.3 is 5.97 Å². The smallest absolute Gasteiger partial charge is 0.338 e. The molecule has 1 fully saturated rings. The first-order valence-electron chi connectivity index (χ1n) is 8.71. The van der Waals surface area contributed by atoms with Crippen LogP contribution in [0.2, 0.25) is 0 Å². The molecule has 1 aliphatic rings. The van der Waals surface area contributed by atoms with Gasteiger partial charge in [0.25, 0.3) is 0 Å². The minimum absolute atomic E-state index is 0.0276. The van der Waals surface area contributed by atoms with E-state index in [2.05, 4.69) is 4.72 Å². The molecule has 0 saturated heterocycles. The van der Waals surface area contributed by atoms with Crippen molar-refractivity contribution >= 4 is 16.0 Å². The van der Waals surface area contributed by atoms with Gasteiger partial charge in [-0.3, -0.25) is 0 Å². The lowest BCUT2D eigenvalue weighted by Gasteiger charge is -2.15. The van der Waals surface area contributed by atoms with Gasteiger partial charge in [-0.1, -0.05) is 26.7 Å². The maximum absolute atomic E-state index is 12.7. The van der Waals surface area contributed by atoms with Gasteiger partial charge in [0.15, 0.2) is 0 Å². The topological polar surface area (TPSA) is 81.7 Å². The van der Waals surface area contributed by atoms with Crippen molar-refractivity contribution in [1.29, 1.82) is 0 Å². The van der Waals surface area contributed by atoms with E-state index >= 15 is 0 Å². The fraction of sp³-hybridized carbons (Fsp3) is 0.611. The van der Waals surface area contributed by atoms with Crippen molar-refractivity contribution in [2.45, 2.75) is 56.9 Å². The van der Waals surface area contributed by atoms with Crippen molar-refractivity contribution in [3.8, 4) is 5.75 Å². The van der Waals surface area contributed by atoms with Gasteiger partial charge in [0.2, 0.25) is 10.0 Å². The standard InChI is InChI=1S/C18H27NO5S/c1-13(2)10-11-24-18(20)14-8-9-16(23-3)17(12-14)25(21,22)19-15-6-4-5-7-15/h8-9,12-13,15,19H,4-7,10-11H2,1-3H3. The molecule has 0 spiro atoms. The molecule has 1 N–H and O–H groups in total. The van der Waals surface area contributed by atoms with Crippen LogP contribution in [0.4, 0.5) is 0 Å². The molecule has 0 bridgehead atoms. The van der Waals surface area contributed by atoms with Crippen LogP contribution in [0.5, 0.6) is 5.75 Å². The van der Waals surface area contributed by atoms with Crippen molar-refractivity contribution in [3.63, 3.8) is 0 Å². The fourth-order valence-electron chi connectivity index (χ4n) is 2.81. The summed E-state index contributed by atoms with van der Waals surface area (Å²) in [6, 6.07) is 4.28. The zero-order valence-electron chi connectivity index (χ0n) is 15.1. The molecule has 0 radical (unpaired) electrons. The number of carbonyl (C=O) groups excluding carboxylic acids is 1. The highest BCUT2D eigenvalue weighted by Gasteiger charge is 2.26. The molecule has 0 aromatic heterocycles. The molecule has 1 saturated carbocycles. The third-order valence-electron chi connectivity index (χ3n) is 4.29. The van der Waals surface area contributed by atoms with Crippen LogP contribution < -0.4 is 9.46 Å². The van der Waals surface area contributed by atoms with E-state index in [-0.39, 0.29) is 22.3 Å². The van der Waals surface area contributed by atoms with Crippen LogP contribution in [0, 0.1) is 5.92 Å². The Morgan fingerprint density at radius 1 is 1.28 bits per heavy atom. The van der Waals surface area contributed by atoms with Crippen molar-refractivity contribution < 1.29 is 22.7 Å². The van der Waals surface area contributed by atoms with Gasteiger partial charge in [-0.05, 0) is 43.4 Å². The molecule has 2 rings (SSSR count). The van der Waals surface area contributed by atoms with E-state index in [4.69, 9.17) is 9.47 Å². The highest BCUT2D eigenvalue weighted by atomic mass is 32.2. The van der Waals surface area contributed by atoms with Crippen molar-refractivity contribution in [3.05, 3.63) is 23.8 Å². The summed E-state index contributed by atoms with van der Waals surface area (Å²) in [6.07, 6.45) is 4.46. The van der Waals surface area contributed by atoms with E-state index in [1.54, 1.807) is 0 Å². The summed E-state index contributed by atoms with van der Waals surface area (Å²) in [4.78, 5) is 12.1. The molecule has 1 aliphatic carbocycles. The van der Waals surface area contributed by atoms with Gasteiger partial charge in [-0.2, -0.15) is 0 Å². The Morgan fingerprint density at radius 2 is 1.96 bits per heavy atom. The first-order chi connectivity index (χ1) is 11.8. The zero-order chi connectivity index (χ0) is 18.4. The SMILES string of the molecule is COc1ccc(C(=O)OCCC(C)C)cc1S(=O)(=O)NC1CCCC1. The molecular weight excluding hydrogens is 342 g/mol. The number of hydrogen-bond acceptors (Lipinski definition) is 5. The van der Waals surface area contributed by atoms with Crippen LogP contribution in [0.15, 0.2) is 23.1 Å². The van der Waals surface area contributed by atoms with Gasteiger partial charge in [-0.25, -0.2) is 17.9 Å². The quantitative estimate of drug-likeness (QED) is 0.712. The molecule has 0 heterocycles. The predicted octanol–water partition coefficient (Wildman–Crippen LogP) is 3.12. The predicted molar refractivity (Wildman–Crippen MR) is 95.3 cm³/mol. The lowest BCUT2D eigenvalue weighted by Crippen LogP contribution is -2.33. The average molecular weight is 369 g/mol. The summed E-state index contributed by atoms with van der Waals surface area (Å²) in [5, 5.41) is 0. The number of rotatable bonds is 8. The highest BCUT2D eigenvalue weighted by molar-refractivity contribution is 7.89. The largest absolute Gasteiger partial charge is 0.495 e. The Kier molecular flexibility index (Phi) is 6.84. The Labute approximate surface area is 150 Å². The molecule has 0 atom stereocenters. The summed E-state index contributed by atoms with van der Waals surface area (Å²) < 4.78 is 38.5. The first-order valence-corrected chi connectivity index (χ1v) is 10.2. The summed E-state index contributed by atoms with van der Waals surface area (Å²) in [5.41, 5.74) is 0.205. The maximum atomic E-state index is 12.7. The lowest BCUT2D eigenvalue weighted by molar-refractivity contribution is 0.0487. The van der Waals surface area contributed by atoms with E-state index in [0.29, 0.717) is 12.5 Å². The second-order valence-corrected chi connectivity index (χ2v) is 8.47. The minimum atomic E-state index is -3.76. The molecule has 0 amide bonds. The van der Waals surface area contributed by atoms with Gasteiger partial charge in [-0.15, -0.1) is 0 Å². The van der Waals surface area contributed by atoms with Gasteiger partial charge < -0.3 is 9.47 Å². The monoisotopic (exact) mass is 369 g/mol. The number of esters is 1. The number of benzene rings is 1. The van der Waals surface area contributed by atoms with E-state index in [9.17, 15) is 13.2 Å². The van der Waals surface area contributed by atoms with Crippen LogP contribution in [0.1, 0.15) is 56.3 Å². The second kappa shape index (κ2) is 8.67. The fourth-order valence-corrected chi connectivity index (χ4v) is 4.31.